The SMILES string of the molecule is CO[C@H]1/C=C\C=C(/C)C(=O)NC2=CC(=O)C(=NCCCC#Cc3cccc4c(=O)cc(N5CCOCC5)oc34)C(C[C@@H](C)C[C@H](OC)[C@H](O)[C@@H](C)C=C(C)[C@@H]1OC(N)=O)C2=O. The number of aliphatic imine (C=N–C) groups is 1. The molecule has 0 radical (unpaired) electrons. The molecule has 1 aromatic heterocycles. The number of hydrogen-bond donors (Lipinski definition) is 3. The van der Waals surface area contributed by atoms with Crippen molar-refractivity contribution >= 4 is 46.1 Å². The van der Waals surface area contributed by atoms with Gasteiger partial charge in [-0.3, -0.25) is 24.2 Å². The van der Waals surface area contributed by atoms with E-state index in [4.69, 9.17) is 29.1 Å². The van der Waals surface area contributed by atoms with Gasteiger partial charge in [0.25, 0.3) is 5.91 Å². The summed E-state index contributed by atoms with van der Waals surface area (Å²) in [5.41, 5.74) is 6.96. The molecule has 326 valence electrons. The second kappa shape index (κ2) is 21.7. The minimum absolute atomic E-state index is 0.0860. The summed E-state index contributed by atoms with van der Waals surface area (Å²) < 4.78 is 28.4. The van der Waals surface area contributed by atoms with E-state index in [-0.39, 0.29) is 41.3 Å². The van der Waals surface area contributed by atoms with E-state index in [1.807, 2.05) is 11.8 Å². The molecule has 3 aliphatic rings. The Kier molecular flexibility index (Phi) is 16.5. The molecule has 1 aliphatic carbocycles. The van der Waals surface area contributed by atoms with Crippen LogP contribution in [0.5, 0.6) is 0 Å². The van der Waals surface area contributed by atoms with E-state index in [0.717, 1.165) is 6.08 Å². The van der Waals surface area contributed by atoms with Gasteiger partial charge in [0.2, 0.25) is 5.78 Å². The van der Waals surface area contributed by atoms with Crippen LogP contribution < -0.4 is 21.4 Å². The maximum Gasteiger partial charge on any atom is 0.405 e. The molecule has 0 saturated carbocycles. The lowest BCUT2D eigenvalue weighted by molar-refractivity contribution is -0.123. The van der Waals surface area contributed by atoms with E-state index >= 15 is 0 Å². The molecule has 15 heteroatoms. The van der Waals surface area contributed by atoms with Gasteiger partial charge in [0.1, 0.15) is 6.10 Å². The first kappa shape index (κ1) is 46.4. The number of para-hydroxylation sites is 1. The highest BCUT2D eigenvalue weighted by molar-refractivity contribution is 6.51. The lowest BCUT2D eigenvalue weighted by Crippen LogP contribution is -2.42. The summed E-state index contributed by atoms with van der Waals surface area (Å²) in [6, 6.07) is 6.76. The maximum atomic E-state index is 14.1. The average molecular weight is 841 g/mol. The van der Waals surface area contributed by atoms with E-state index < -0.39 is 59.8 Å². The first-order valence-corrected chi connectivity index (χ1v) is 20.5. The van der Waals surface area contributed by atoms with Gasteiger partial charge < -0.3 is 44.4 Å². The second-order valence-corrected chi connectivity index (χ2v) is 15.6. The highest BCUT2D eigenvalue weighted by atomic mass is 16.6. The second-order valence-electron chi connectivity index (χ2n) is 15.6. The molecule has 5 rings (SSSR count). The first-order valence-electron chi connectivity index (χ1n) is 20.5. The zero-order chi connectivity index (χ0) is 44.2. The Morgan fingerprint density at radius 1 is 1.08 bits per heavy atom. The number of benzene rings is 1. The number of morpholine rings is 1. The number of methoxy groups -OCH3 is 2. The van der Waals surface area contributed by atoms with E-state index in [2.05, 4.69) is 22.2 Å². The fourth-order valence-corrected chi connectivity index (χ4v) is 7.66. The van der Waals surface area contributed by atoms with Crippen LogP contribution in [-0.2, 0) is 33.3 Å². The van der Waals surface area contributed by atoms with Gasteiger partial charge in [0.05, 0.1) is 53.7 Å². The summed E-state index contributed by atoms with van der Waals surface area (Å²) in [5, 5.41) is 14.5. The first-order chi connectivity index (χ1) is 29.2. The standard InChI is InChI=1S/C46H56N4O11/c1-27-22-33-40(48-17-9-7-8-13-31-14-11-15-32-35(51)26-39(60-44(31)32)50-18-20-59-21-19-50)36(52)25-34(42(33)54)49-45(55)28(2)12-10-16-37(57-5)43(61-46(47)56)30(4)24-29(3)41(53)38(23-27)58-6/h10-12,14-16,24-27,29,33,37-38,41,43,53H,7,9,17-23H2,1-6H3,(H2,47,56)(H,49,55)/b16-10-,28-12+,30-24?,48-40?/t27-,29+,33?,37+,38+,41-,43+/m1/s1. The number of nitrogens with zero attached hydrogens (tertiary/aromatic N) is 2. The number of anilines is 1. The molecule has 15 nitrogen and oxygen atoms in total. The van der Waals surface area contributed by atoms with Crippen molar-refractivity contribution < 1.29 is 47.6 Å². The number of aliphatic hydroxyl groups excluding tert-OH is 1. The van der Waals surface area contributed by atoms with Gasteiger partial charge in [0, 0.05) is 63.9 Å². The molecule has 2 bridgehead atoms. The molecule has 4 N–H and O–H groups in total. The van der Waals surface area contributed by atoms with Crippen LogP contribution in [0.2, 0.25) is 0 Å². The van der Waals surface area contributed by atoms with Crippen molar-refractivity contribution in [1.82, 2.24) is 5.32 Å². The topological polar surface area (TPSA) is 209 Å². The summed E-state index contributed by atoms with van der Waals surface area (Å²) in [5.74, 6) is 3.47. The predicted octanol–water partition coefficient (Wildman–Crippen LogP) is 4.34. The number of allylic oxidation sites excluding steroid dienone is 4. The molecule has 2 aromatic rings. The molecule has 61 heavy (non-hydrogen) atoms. The molecule has 7 atom stereocenters. The number of unbranched alkanes of at least 4 members (excludes halogenated alkanes) is 1. The van der Waals surface area contributed by atoms with E-state index in [0.29, 0.717) is 73.6 Å². The van der Waals surface area contributed by atoms with Crippen LogP contribution in [0.1, 0.15) is 58.9 Å². The number of primary amides is 1. The summed E-state index contributed by atoms with van der Waals surface area (Å²) in [4.78, 5) is 72.6. The van der Waals surface area contributed by atoms with Crippen molar-refractivity contribution in [2.24, 2.45) is 28.5 Å². The fourth-order valence-electron chi connectivity index (χ4n) is 7.66. The van der Waals surface area contributed by atoms with Gasteiger partial charge in [0.15, 0.2) is 28.8 Å². The number of Topliss-reactive ketones (excluding diaryl/α,β-unsaturated/α-hetero) is 1. The number of aliphatic hydroxyl groups is 1. The number of fused-ring (bicyclic) bond motifs is 3. The predicted molar refractivity (Wildman–Crippen MR) is 230 cm³/mol. The monoisotopic (exact) mass is 840 g/mol. The maximum absolute atomic E-state index is 14.1. The lowest BCUT2D eigenvalue weighted by atomic mass is 9.79. The highest BCUT2D eigenvalue weighted by Gasteiger charge is 2.38. The number of carbonyl (C=O) groups is 4. The van der Waals surface area contributed by atoms with Crippen LogP contribution in [-0.4, -0.2) is 106 Å². The van der Waals surface area contributed by atoms with Gasteiger partial charge >= 0.3 is 6.09 Å². The fraction of sp³-hybridized carbons (Fsp3) is 0.478. The van der Waals surface area contributed by atoms with Crippen LogP contribution in [0.25, 0.3) is 11.0 Å². The zero-order valence-corrected chi connectivity index (χ0v) is 35.6. The zero-order valence-electron chi connectivity index (χ0n) is 35.6. The quantitative estimate of drug-likeness (QED) is 0.202. The van der Waals surface area contributed by atoms with Crippen molar-refractivity contribution in [1.29, 1.82) is 0 Å². The third kappa shape index (κ3) is 12.0. The average Bonchev–Trinajstić information content (AvgIpc) is 3.24. The number of carbonyl (C=O) groups excluding carboxylic acids is 4. The lowest BCUT2D eigenvalue weighted by Gasteiger charge is -2.31. The van der Waals surface area contributed by atoms with E-state index in [1.165, 1.54) is 26.4 Å². The van der Waals surface area contributed by atoms with Gasteiger partial charge in [-0.15, -0.1) is 0 Å². The molecule has 3 heterocycles. The summed E-state index contributed by atoms with van der Waals surface area (Å²) in [6.07, 6.45) is 4.40. The van der Waals surface area contributed by atoms with Crippen LogP contribution in [0.15, 0.2) is 85.7 Å². The number of hydrogen-bond acceptors (Lipinski definition) is 13. The number of rotatable bonds is 7. The Morgan fingerprint density at radius 3 is 2.54 bits per heavy atom. The Balaban J connectivity index is 1.38. The summed E-state index contributed by atoms with van der Waals surface area (Å²) in [7, 11) is 2.91. The Morgan fingerprint density at radius 2 is 1.84 bits per heavy atom. The van der Waals surface area contributed by atoms with Crippen molar-refractivity contribution in [3.63, 3.8) is 0 Å². The summed E-state index contributed by atoms with van der Waals surface area (Å²) >= 11 is 0. The van der Waals surface area contributed by atoms with Gasteiger partial charge in [-0.2, -0.15) is 0 Å². The molecule has 1 aromatic carbocycles. The van der Waals surface area contributed by atoms with Crippen molar-refractivity contribution in [2.75, 3.05) is 52.0 Å². The van der Waals surface area contributed by atoms with Crippen LogP contribution in [0.4, 0.5) is 10.7 Å². The molecular formula is C46H56N4O11. The molecule has 1 fully saturated rings. The molecule has 0 spiro atoms. The number of ether oxygens (including phenoxy) is 4. The minimum Gasteiger partial charge on any atom is -0.439 e. The Labute approximate surface area is 355 Å². The Hall–Kier alpha value is -5.66. The summed E-state index contributed by atoms with van der Waals surface area (Å²) in [6.45, 7) is 9.49. The molecule has 1 saturated heterocycles. The third-order valence-corrected chi connectivity index (χ3v) is 11.0. The van der Waals surface area contributed by atoms with Crippen molar-refractivity contribution in [3.05, 3.63) is 87.3 Å². The van der Waals surface area contributed by atoms with Gasteiger partial charge in [-0.25, -0.2) is 4.79 Å². The van der Waals surface area contributed by atoms with E-state index in [1.54, 1.807) is 57.2 Å². The molecular weight excluding hydrogens is 785 g/mol. The van der Waals surface area contributed by atoms with Crippen molar-refractivity contribution in [3.8, 4) is 11.8 Å². The van der Waals surface area contributed by atoms with E-state index in [9.17, 15) is 29.1 Å². The molecule has 2 amide bonds. The van der Waals surface area contributed by atoms with Gasteiger partial charge in [-0.1, -0.05) is 56.1 Å². The minimum atomic E-state index is -1.02. The Bertz CT molecular complexity index is 2240. The largest absolute Gasteiger partial charge is 0.439 e. The highest BCUT2D eigenvalue weighted by Crippen LogP contribution is 2.29. The molecule has 2 aliphatic heterocycles. The van der Waals surface area contributed by atoms with Gasteiger partial charge in [-0.05, 0) is 56.7 Å². The smallest absolute Gasteiger partial charge is 0.405 e. The number of amides is 2. The number of nitrogens with one attached hydrogen (secondary N) is 1. The van der Waals surface area contributed by atoms with Crippen LogP contribution >= 0.6 is 0 Å². The van der Waals surface area contributed by atoms with Crippen LogP contribution in [0, 0.1) is 29.6 Å². The molecule has 1 unspecified atom stereocenters. The van der Waals surface area contributed by atoms with Crippen LogP contribution in [0.3, 0.4) is 0 Å². The van der Waals surface area contributed by atoms with Crippen molar-refractivity contribution in [2.45, 2.75) is 77.8 Å². The number of ketones is 2. The third-order valence-electron chi connectivity index (χ3n) is 11.0. The normalized spacial score (nSPS) is 27.9. The number of nitrogens with two attached hydrogens (primary N) is 1.